The number of carbonyl (C=O) groups excluding carboxylic acids is 1. The minimum Gasteiger partial charge on any atom is -0.318 e. The van der Waals surface area contributed by atoms with Crippen molar-refractivity contribution in [2.75, 3.05) is 11.1 Å². The molecule has 0 fully saturated rings. The molecule has 1 amide bonds. The Morgan fingerprint density at radius 1 is 1.22 bits per heavy atom. The van der Waals surface area contributed by atoms with Crippen LogP contribution in [0.15, 0.2) is 29.2 Å². The van der Waals surface area contributed by atoms with Crippen molar-refractivity contribution in [1.82, 2.24) is 0 Å². The van der Waals surface area contributed by atoms with Gasteiger partial charge in [-0.2, -0.15) is 13.2 Å². The van der Waals surface area contributed by atoms with Gasteiger partial charge in [0.2, 0.25) is 0 Å². The third kappa shape index (κ3) is 3.46. The van der Waals surface area contributed by atoms with Crippen LogP contribution < -0.4 is 5.32 Å². The van der Waals surface area contributed by atoms with Crippen LogP contribution in [0.3, 0.4) is 0 Å². The van der Waals surface area contributed by atoms with Crippen LogP contribution in [0.4, 0.5) is 18.9 Å². The number of anilines is 1. The summed E-state index contributed by atoms with van der Waals surface area (Å²) < 4.78 is 58.7. The molecular weight excluding hydrogens is 271 g/mol. The van der Waals surface area contributed by atoms with Gasteiger partial charge in [0.15, 0.2) is 9.84 Å². The number of sulfone groups is 1. The average Bonchev–Trinajstić information content (AvgIpc) is 2.28. The molecule has 0 heterocycles. The molecule has 0 aromatic heterocycles. The van der Waals surface area contributed by atoms with Gasteiger partial charge >= 0.3 is 12.1 Å². The van der Waals surface area contributed by atoms with Gasteiger partial charge in [-0.3, -0.25) is 4.79 Å². The predicted octanol–water partition coefficient (Wildman–Crippen LogP) is 1.98. The van der Waals surface area contributed by atoms with Crippen LogP contribution in [0.5, 0.6) is 0 Å². The molecule has 0 aliphatic heterocycles. The number of nitrogens with one attached hydrogen (secondary N) is 1. The number of hydrogen-bond donors (Lipinski definition) is 1. The van der Waals surface area contributed by atoms with Gasteiger partial charge in [0.25, 0.3) is 0 Å². The van der Waals surface area contributed by atoms with Crippen molar-refractivity contribution in [2.45, 2.75) is 18.0 Å². The SMILES string of the molecule is CCS(=O)(=O)c1ccc(NC(=O)C(F)(F)F)cc1. The third-order valence-electron chi connectivity index (χ3n) is 2.11. The zero-order valence-electron chi connectivity index (χ0n) is 9.28. The maximum Gasteiger partial charge on any atom is 0.471 e. The lowest BCUT2D eigenvalue weighted by Gasteiger charge is -2.08. The highest BCUT2D eigenvalue weighted by Crippen LogP contribution is 2.19. The normalized spacial score (nSPS) is 12.2. The third-order valence-corrected chi connectivity index (χ3v) is 3.86. The van der Waals surface area contributed by atoms with Crippen molar-refractivity contribution in [1.29, 1.82) is 0 Å². The van der Waals surface area contributed by atoms with Crippen LogP contribution in [-0.4, -0.2) is 26.3 Å². The number of rotatable bonds is 3. The van der Waals surface area contributed by atoms with E-state index >= 15 is 0 Å². The molecule has 0 atom stereocenters. The largest absolute Gasteiger partial charge is 0.471 e. The highest BCUT2D eigenvalue weighted by atomic mass is 32.2. The molecule has 0 saturated carbocycles. The van der Waals surface area contributed by atoms with E-state index in [0.717, 1.165) is 24.3 Å². The predicted molar refractivity (Wildman–Crippen MR) is 58.9 cm³/mol. The zero-order valence-corrected chi connectivity index (χ0v) is 10.1. The summed E-state index contributed by atoms with van der Waals surface area (Å²) in [7, 11) is -3.41. The maximum absolute atomic E-state index is 12.0. The Morgan fingerprint density at radius 3 is 2.11 bits per heavy atom. The van der Waals surface area contributed by atoms with Crippen molar-refractivity contribution in [3.63, 3.8) is 0 Å². The maximum atomic E-state index is 12.0. The molecule has 0 unspecified atom stereocenters. The van der Waals surface area contributed by atoms with Gasteiger partial charge in [-0.05, 0) is 24.3 Å². The summed E-state index contributed by atoms with van der Waals surface area (Å²) in [5.41, 5.74) is -0.118. The molecule has 18 heavy (non-hydrogen) atoms. The molecule has 0 spiro atoms. The highest BCUT2D eigenvalue weighted by molar-refractivity contribution is 7.91. The standard InChI is InChI=1S/C10H10F3NO3S/c1-2-18(16,17)8-5-3-7(4-6-8)14-9(15)10(11,12)13/h3-6H,2H2,1H3,(H,14,15). The van der Waals surface area contributed by atoms with Gasteiger partial charge in [0.05, 0.1) is 10.6 Å². The summed E-state index contributed by atoms with van der Waals surface area (Å²) in [6, 6.07) is 4.49. The lowest BCUT2D eigenvalue weighted by Crippen LogP contribution is -2.29. The second kappa shape index (κ2) is 4.97. The summed E-state index contributed by atoms with van der Waals surface area (Å²) in [4.78, 5) is 10.6. The van der Waals surface area contributed by atoms with E-state index in [1.54, 1.807) is 5.32 Å². The Bertz CT molecular complexity index is 534. The van der Waals surface area contributed by atoms with Crippen LogP contribution in [-0.2, 0) is 14.6 Å². The molecular formula is C10H10F3NO3S. The first-order valence-electron chi connectivity index (χ1n) is 4.88. The van der Waals surface area contributed by atoms with E-state index in [1.807, 2.05) is 0 Å². The molecule has 0 radical (unpaired) electrons. The van der Waals surface area contributed by atoms with E-state index < -0.39 is 21.9 Å². The fraction of sp³-hybridized carbons (Fsp3) is 0.300. The molecule has 1 rings (SSSR count). The number of alkyl halides is 3. The summed E-state index contributed by atoms with van der Waals surface area (Å²) in [6.45, 7) is 1.45. The number of benzene rings is 1. The Kier molecular flexibility index (Phi) is 4.00. The molecule has 4 nitrogen and oxygen atoms in total. The molecule has 100 valence electrons. The fourth-order valence-electron chi connectivity index (χ4n) is 1.11. The van der Waals surface area contributed by atoms with Crippen molar-refractivity contribution in [3.8, 4) is 0 Å². The molecule has 1 aromatic carbocycles. The van der Waals surface area contributed by atoms with Gasteiger partial charge in [0.1, 0.15) is 0 Å². The van der Waals surface area contributed by atoms with E-state index in [0.29, 0.717) is 0 Å². The molecule has 0 aliphatic rings. The Morgan fingerprint density at radius 2 is 1.72 bits per heavy atom. The molecule has 0 aliphatic carbocycles. The molecule has 1 aromatic rings. The quantitative estimate of drug-likeness (QED) is 0.921. The van der Waals surface area contributed by atoms with Gasteiger partial charge in [-0.25, -0.2) is 8.42 Å². The monoisotopic (exact) mass is 281 g/mol. The fourth-order valence-corrected chi connectivity index (χ4v) is 2.00. The first kappa shape index (κ1) is 14.5. The molecule has 0 bridgehead atoms. The van der Waals surface area contributed by atoms with Gasteiger partial charge in [-0.15, -0.1) is 0 Å². The summed E-state index contributed by atoms with van der Waals surface area (Å²) in [6.07, 6.45) is -4.98. The average molecular weight is 281 g/mol. The summed E-state index contributed by atoms with van der Waals surface area (Å²) in [5.74, 6) is -2.21. The van der Waals surface area contributed by atoms with Crippen LogP contribution in [0.2, 0.25) is 0 Å². The van der Waals surface area contributed by atoms with Crippen molar-refractivity contribution in [3.05, 3.63) is 24.3 Å². The lowest BCUT2D eigenvalue weighted by atomic mass is 10.3. The second-order valence-corrected chi connectivity index (χ2v) is 5.66. The van der Waals surface area contributed by atoms with Crippen molar-refractivity contribution in [2.24, 2.45) is 0 Å². The summed E-state index contributed by atoms with van der Waals surface area (Å²) >= 11 is 0. The second-order valence-electron chi connectivity index (χ2n) is 3.38. The van der Waals surface area contributed by atoms with Crippen LogP contribution in [0.1, 0.15) is 6.92 Å². The van der Waals surface area contributed by atoms with Crippen LogP contribution in [0, 0.1) is 0 Å². The van der Waals surface area contributed by atoms with Gasteiger partial charge in [-0.1, -0.05) is 6.92 Å². The molecule has 0 saturated heterocycles. The van der Waals surface area contributed by atoms with Crippen molar-refractivity contribution < 1.29 is 26.4 Å². The van der Waals surface area contributed by atoms with E-state index in [-0.39, 0.29) is 16.3 Å². The summed E-state index contributed by atoms with van der Waals surface area (Å²) in [5, 5.41) is 1.62. The van der Waals surface area contributed by atoms with Gasteiger partial charge in [0, 0.05) is 5.69 Å². The minimum atomic E-state index is -4.98. The first-order chi connectivity index (χ1) is 8.16. The van der Waals surface area contributed by atoms with Gasteiger partial charge < -0.3 is 5.32 Å². The number of halogens is 3. The van der Waals surface area contributed by atoms with E-state index in [1.165, 1.54) is 6.92 Å². The lowest BCUT2D eigenvalue weighted by molar-refractivity contribution is -0.167. The Hall–Kier alpha value is -1.57. The topological polar surface area (TPSA) is 63.2 Å². The van der Waals surface area contributed by atoms with E-state index in [4.69, 9.17) is 0 Å². The van der Waals surface area contributed by atoms with Crippen molar-refractivity contribution >= 4 is 21.4 Å². The highest BCUT2D eigenvalue weighted by Gasteiger charge is 2.38. The number of amides is 1. The minimum absolute atomic E-state index is 0.00462. The van der Waals surface area contributed by atoms with E-state index in [9.17, 15) is 26.4 Å². The smallest absolute Gasteiger partial charge is 0.318 e. The number of hydrogen-bond acceptors (Lipinski definition) is 3. The molecule has 1 N–H and O–H groups in total. The van der Waals surface area contributed by atoms with E-state index in [2.05, 4.69) is 0 Å². The first-order valence-corrected chi connectivity index (χ1v) is 6.53. The number of carbonyl (C=O) groups is 1. The zero-order chi connectivity index (χ0) is 14.0. The Balaban J connectivity index is 2.89. The molecule has 8 heteroatoms. The van der Waals surface area contributed by atoms with Crippen LogP contribution >= 0.6 is 0 Å². The Labute approximate surface area is 102 Å². The van der Waals surface area contributed by atoms with Crippen LogP contribution in [0.25, 0.3) is 0 Å².